The fourth-order valence-electron chi connectivity index (χ4n) is 5.67. The van der Waals surface area contributed by atoms with Crippen molar-refractivity contribution in [1.29, 1.82) is 0 Å². The smallest absolute Gasteiger partial charge is 0.0630 e. The van der Waals surface area contributed by atoms with Crippen LogP contribution in [0.15, 0.2) is 0 Å². The molecule has 0 aliphatic heterocycles. The molecule has 1 heteroatoms. The van der Waals surface area contributed by atoms with Crippen LogP contribution >= 0.6 is 0 Å². The molecule has 3 aliphatic rings. The molecule has 98 valence electrons. The van der Waals surface area contributed by atoms with Gasteiger partial charge in [0.25, 0.3) is 0 Å². The third-order valence-corrected chi connectivity index (χ3v) is 7.23. The molecule has 17 heavy (non-hydrogen) atoms. The molecule has 0 aromatic heterocycles. The first-order valence-corrected chi connectivity index (χ1v) is 7.58. The third-order valence-electron chi connectivity index (χ3n) is 7.23. The van der Waals surface area contributed by atoms with Crippen molar-refractivity contribution in [2.24, 2.45) is 34.5 Å². The second-order valence-electron chi connectivity index (χ2n) is 7.87. The van der Waals surface area contributed by atoms with E-state index in [4.69, 9.17) is 0 Å². The molecule has 1 nitrogen and oxygen atoms in total. The van der Waals surface area contributed by atoms with Gasteiger partial charge in [0.15, 0.2) is 0 Å². The second kappa shape index (κ2) is 3.50. The normalized spacial score (nSPS) is 57.5. The van der Waals surface area contributed by atoms with Crippen LogP contribution in [0.3, 0.4) is 0 Å². The van der Waals surface area contributed by atoms with Crippen LogP contribution in [0.1, 0.15) is 59.8 Å². The molecule has 3 fully saturated rings. The first kappa shape index (κ1) is 12.0. The van der Waals surface area contributed by atoms with E-state index in [1.54, 1.807) is 0 Å². The van der Waals surface area contributed by atoms with Crippen LogP contribution in [0, 0.1) is 34.5 Å². The topological polar surface area (TPSA) is 20.2 Å². The molecular formula is C16H28O. The molecule has 6 atom stereocenters. The van der Waals surface area contributed by atoms with Gasteiger partial charge in [0.1, 0.15) is 0 Å². The van der Waals surface area contributed by atoms with Crippen molar-refractivity contribution < 1.29 is 5.11 Å². The van der Waals surface area contributed by atoms with E-state index in [9.17, 15) is 5.11 Å². The molecule has 4 unspecified atom stereocenters. The van der Waals surface area contributed by atoms with Crippen molar-refractivity contribution in [3.05, 3.63) is 0 Å². The summed E-state index contributed by atoms with van der Waals surface area (Å²) in [6.45, 7) is 9.57. The molecule has 0 aromatic carbocycles. The standard InChI is InChI=1S/C16H28O/c1-10(2)11-5-7-15(3)13-6-8-16(15,4)14(17)12(13)9-11/h10-14,17H,5-9H2,1-4H3/t11-,12?,13?,14?,15?,16+/m1/s1. The van der Waals surface area contributed by atoms with E-state index < -0.39 is 0 Å². The van der Waals surface area contributed by atoms with Gasteiger partial charge in [-0.15, -0.1) is 0 Å². The Hall–Kier alpha value is -0.0400. The first-order chi connectivity index (χ1) is 7.90. The van der Waals surface area contributed by atoms with Gasteiger partial charge in [0.05, 0.1) is 6.10 Å². The summed E-state index contributed by atoms with van der Waals surface area (Å²) >= 11 is 0. The Morgan fingerprint density at radius 1 is 1.06 bits per heavy atom. The zero-order valence-corrected chi connectivity index (χ0v) is 11.9. The molecule has 1 N–H and O–H groups in total. The Labute approximate surface area is 106 Å². The predicted molar refractivity (Wildman–Crippen MR) is 70.6 cm³/mol. The van der Waals surface area contributed by atoms with Gasteiger partial charge >= 0.3 is 0 Å². The van der Waals surface area contributed by atoms with E-state index in [0.29, 0.717) is 11.3 Å². The summed E-state index contributed by atoms with van der Waals surface area (Å²) in [4.78, 5) is 0. The fourth-order valence-corrected chi connectivity index (χ4v) is 5.67. The van der Waals surface area contributed by atoms with Crippen molar-refractivity contribution in [2.75, 3.05) is 0 Å². The van der Waals surface area contributed by atoms with Crippen LogP contribution in [0.25, 0.3) is 0 Å². The van der Waals surface area contributed by atoms with E-state index in [0.717, 1.165) is 17.8 Å². The average molecular weight is 236 g/mol. The quantitative estimate of drug-likeness (QED) is 0.733. The monoisotopic (exact) mass is 236 g/mol. The Morgan fingerprint density at radius 2 is 1.71 bits per heavy atom. The molecule has 4 bridgehead atoms. The molecule has 0 spiro atoms. The molecule has 3 aliphatic carbocycles. The van der Waals surface area contributed by atoms with Gasteiger partial charge in [-0.05, 0) is 66.6 Å². The molecule has 0 saturated heterocycles. The Balaban J connectivity index is 1.95. The lowest BCUT2D eigenvalue weighted by Crippen LogP contribution is -2.40. The minimum absolute atomic E-state index is 0.0206. The van der Waals surface area contributed by atoms with Gasteiger partial charge in [-0.1, -0.05) is 27.7 Å². The Kier molecular flexibility index (Phi) is 2.47. The van der Waals surface area contributed by atoms with Gasteiger partial charge in [-0.3, -0.25) is 0 Å². The highest BCUT2D eigenvalue weighted by molar-refractivity contribution is 5.17. The minimum atomic E-state index is -0.0206. The van der Waals surface area contributed by atoms with Gasteiger partial charge in [-0.25, -0.2) is 0 Å². The SMILES string of the molecule is CC(C)[C@@H]1CCC2(C)C3CC[C@@]2(C)C(O)C3C1. The van der Waals surface area contributed by atoms with Gasteiger partial charge in [-0.2, -0.15) is 0 Å². The van der Waals surface area contributed by atoms with E-state index >= 15 is 0 Å². The maximum atomic E-state index is 10.7. The lowest BCUT2D eigenvalue weighted by molar-refractivity contribution is -0.0342. The highest BCUT2D eigenvalue weighted by atomic mass is 16.3. The Morgan fingerprint density at radius 3 is 2.35 bits per heavy atom. The maximum absolute atomic E-state index is 10.7. The van der Waals surface area contributed by atoms with E-state index in [1.807, 2.05) is 0 Å². The lowest BCUT2D eigenvalue weighted by Gasteiger charge is -2.42. The molecule has 0 heterocycles. The molecule has 3 saturated carbocycles. The van der Waals surface area contributed by atoms with Crippen molar-refractivity contribution in [3.8, 4) is 0 Å². The number of aliphatic hydroxyl groups excluding tert-OH is 1. The summed E-state index contributed by atoms with van der Waals surface area (Å²) in [5.74, 6) is 3.05. The van der Waals surface area contributed by atoms with Crippen molar-refractivity contribution in [3.63, 3.8) is 0 Å². The van der Waals surface area contributed by atoms with E-state index in [1.165, 1.54) is 32.1 Å². The van der Waals surface area contributed by atoms with Crippen LogP contribution in [0.4, 0.5) is 0 Å². The zero-order valence-electron chi connectivity index (χ0n) is 11.9. The van der Waals surface area contributed by atoms with E-state index in [-0.39, 0.29) is 11.5 Å². The largest absolute Gasteiger partial charge is 0.392 e. The van der Waals surface area contributed by atoms with Gasteiger partial charge in [0, 0.05) is 0 Å². The molecule has 0 amide bonds. The van der Waals surface area contributed by atoms with Crippen LogP contribution in [0.5, 0.6) is 0 Å². The molecule has 3 rings (SSSR count). The van der Waals surface area contributed by atoms with Crippen molar-refractivity contribution in [1.82, 2.24) is 0 Å². The maximum Gasteiger partial charge on any atom is 0.0630 e. The highest BCUT2D eigenvalue weighted by Gasteiger charge is 2.68. The number of rotatable bonds is 1. The summed E-state index contributed by atoms with van der Waals surface area (Å²) in [6, 6.07) is 0. The molecule has 0 radical (unpaired) electrons. The van der Waals surface area contributed by atoms with Gasteiger partial charge < -0.3 is 5.11 Å². The third kappa shape index (κ3) is 1.30. The summed E-state index contributed by atoms with van der Waals surface area (Å²) in [7, 11) is 0. The minimum Gasteiger partial charge on any atom is -0.392 e. The van der Waals surface area contributed by atoms with Crippen LogP contribution in [-0.4, -0.2) is 11.2 Å². The summed E-state index contributed by atoms with van der Waals surface area (Å²) in [6.07, 6.45) is 6.65. The second-order valence-corrected chi connectivity index (χ2v) is 7.87. The summed E-state index contributed by atoms with van der Waals surface area (Å²) in [5, 5.41) is 10.7. The van der Waals surface area contributed by atoms with Crippen LogP contribution in [0.2, 0.25) is 0 Å². The number of aliphatic hydroxyl groups is 1. The number of hydrogen-bond donors (Lipinski definition) is 1. The van der Waals surface area contributed by atoms with E-state index in [2.05, 4.69) is 27.7 Å². The van der Waals surface area contributed by atoms with Gasteiger partial charge in [0.2, 0.25) is 0 Å². The summed E-state index contributed by atoms with van der Waals surface area (Å²) in [5.41, 5.74) is 0.658. The average Bonchev–Trinajstić information content (AvgIpc) is 2.52. The van der Waals surface area contributed by atoms with Crippen LogP contribution in [-0.2, 0) is 0 Å². The molecular weight excluding hydrogens is 208 g/mol. The van der Waals surface area contributed by atoms with Crippen molar-refractivity contribution in [2.45, 2.75) is 65.9 Å². The Bertz CT molecular complexity index is 323. The zero-order chi connectivity index (χ0) is 12.4. The number of hydrogen-bond acceptors (Lipinski definition) is 1. The highest BCUT2D eigenvalue weighted by Crippen LogP contribution is 2.72. The van der Waals surface area contributed by atoms with Crippen LogP contribution < -0.4 is 0 Å². The lowest BCUT2D eigenvalue weighted by atomic mass is 9.64. The fraction of sp³-hybridized carbons (Fsp3) is 1.00. The summed E-state index contributed by atoms with van der Waals surface area (Å²) < 4.78 is 0. The first-order valence-electron chi connectivity index (χ1n) is 7.58. The predicted octanol–water partition coefficient (Wildman–Crippen LogP) is 3.86. The molecule has 0 aromatic rings. The van der Waals surface area contributed by atoms with Crippen molar-refractivity contribution >= 4 is 0 Å².